The number of likely N-dealkylation sites (N-methyl/N-ethyl adjacent to an activating group) is 1. The lowest BCUT2D eigenvalue weighted by atomic mass is 10.0. The van der Waals surface area contributed by atoms with Crippen molar-refractivity contribution in [1.29, 1.82) is 0 Å². The molecule has 0 saturated carbocycles. The van der Waals surface area contributed by atoms with Crippen LogP contribution < -0.4 is 10.2 Å². The van der Waals surface area contributed by atoms with Crippen LogP contribution in [0.5, 0.6) is 0 Å². The molecule has 0 aromatic heterocycles. The predicted octanol–water partition coefficient (Wildman–Crippen LogP) is 17.5. The van der Waals surface area contributed by atoms with Crippen molar-refractivity contribution < 1.29 is 32.9 Å². The van der Waals surface area contributed by atoms with E-state index >= 15 is 0 Å². The highest BCUT2D eigenvalue weighted by Crippen LogP contribution is 2.38. The van der Waals surface area contributed by atoms with Gasteiger partial charge >= 0.3 is 0 Å². The van der Waals surface area contributed by atoms with Crippen LogP contribution in [-0.2, 0) is 18.4 Å². The quantitative estimate of drug-likeness (QED) is 0.0272. The second-order valence-electron chi connectivity index (χ2n) is 21.3. The molecule has 0 rings (SSSR count). The van der Waals surface area contributed by atoms with E-state index in [-0.39, 0.29) is 12.5 Å². The summed E-state index contributed by atoms with van der Waals surface area (Å²) in [5, 5.41) is 13.7. The molecule has 0 aromatic carbocycles. The smallest absolute Gasteiger partial charge is 0.268 e. The summed E-state index contributed by atoms with van der Waals surface area (Å²) in [6, 6.07) is -0.899. The van der Waals surface area contributed by atoms with E-state index < -0.39 is 26.6 Å². The Labute approximate surface area is 434 Å². The van der Waals surface area contributed by atoms with E-state index in [9.17, 15) is 19.4 Å². The Hall–Kier alpha value is -1.80. The normalized spacial score (nSPS) is 14.3. The van der Waals surface area contributed by atoms with Gasteiger partial charge in [-0.25, -0.2) is 0 Å². The molecular weight excluding hydrogens is 888 g/mol. The molecular formula is C61H115N2O6P. The summed E-state index contributed by atoms with van der Waals surface area (Å²) in [4.78, 5) is 25.3. The number of quaternary nitrogens is 1. The number of phosphoric ester groups is 1. The van der Waals surface area contributed by atoms with Crippen LogP contribution in [0.3, 0.4) is 0 Å². The fraction of sp³-hybridized carbons (Fsp3) is 0.820. The van der Waals surface area contributed by atoms with Crippen molar-refractivity contribution in [3.05, 3.63) is 60.8 Å². The highest BCUT2D eigenvalue weighted by molar-refractivity contribution is 7.45. The average molecular weight is 1000 g/mol. The van der Waals surface area contributed by atoms with Gasteiger partial charge in [0, 0.05) is 6.42 Å². The second-order valence-corrected chi connectivity index (χ2v) is 22.8. The third-order valence-corrected chi connectivity index (χ3v) is 14.1. The molecule has 3 atom stereocenters. The van der Waals surface area contributed by atoms with Gasteiger partial charge in [-0.1, -0.05) is 261 Å². The lowest BCUT2D eigenvalue weighted by molar-refractivity contribution is -0.870. The summed E-state index contributed by atoms with van der Waals surface area (Å²) in [7, 11) is 1.24. The third kappa shape index (κ3) is 54.0. The number of aliphatic hydroxyl groups excluding tert-OH is 1. The van der Waals surface area contributed by atoms with Crippen LogP contribution in [0.25, 0.3) is 0 Å². The number of nitrogens with zero attached hydrogens (tertiary/aromatic N) is 1. The lowest BCUT2D eigenvalue weighted by Gasteiger charge is -2.29. The first-order valence-corrected chi connectivity index (χ1v) is 31.1. The number of unbranched alkanes of at least 4 members (excludes halogenated alkanes) is 33. The van der Waals surface area contributed by atoms with Crippen LogP contribution in [-0.4, -0.2) is 68.5 Å². The van der Waals surface area contributed by atoms with E-state index in [1.54, 1.807) is 6.08 Å². The van der Waals surface area contributed by atoms with Crippen LogP contribution in [0.2, 0.25) is 0 Å². The summed E-state index contributed by atoms with van der Waals surface area (Å²) in [5.41, 5.74) is 0. The first-order chi connectivity index (χ1) is 34.0. The van der Waals surface area contributed by atoms with Crippen LogP contribution in [0.15, 0.2) is 60.8 Å². The molecule has 0 bridgehead atoms. The van der Waals surface area contributed by atoms with Gasteiger partial charge in [-0.05, 0) is 64.2 Å². The number of carbonyl (C=O) groups excluding carboxylic acids is 1. The molecule has 0 aliphatic rings. The maximum absolute atomic E-state index is 12.8. The number of phosphoric acid groups is 1. The minimum Gasteiger partial charge on any atom is -0.756 e. The van der Waals surface area contributed by atoms with Crippen molar-refractivity contribution in [2.45, 2.75) is 283 Å². The zero-order valence-electron chi connectivity index (χ0n) is 46.7. The van der Waals surface area contributed by atoms with Gasteiger partial charge in [-0.3, -0.25) is 9.36 Å². The Kier molecular flexibility index (Phi) is 50.7. The largest absolute Gasteiger partial charge is 0.756 e. The SMILES string of the molecule is CCC/C=C/CC/C=C/C(O)C(COP(=O)([O-])OCC[N+](C)(C)C)NC(=O)CCCCCCCCCCCCCCCCCCCCCCCCCCCC/C=C\C/C=C\C/C=C\CCCCCCC. The fourth-order valence-electron chi connectivity index (χ4n) is 8.54. The molecule has 0 saturated heterocycles. The second kappa shape index (κ2) is 52.1. The standard InChI is InChI=1S/C61H115N2O6P/c1-6-8-10-12-14-15-16-17-18-19-20-21-22-23-24-25-26-27-28-29-30-31-32-33-34-35-36-37-38-39-40-41-42-43-44-45-46-47-49-51-53-55-61(65)62-59(60(64)54-52-50-48-13-11-9-7-2)58-69-70(66,67)68-57-56-63(3,4)5/h11,13,16-17,19-20,22-23,52,54,59-60,64H,6-10,12,14-15,18,21,24-51,53,55-58H2,1-5H3,(H-,62,65,66,67)/b13-11+,17-16-,20-19-,23-22-,54-52+. The number of nitrogens with one attached hydrogen (secondary N) is 1. The highest BCUT2D eigenvalue weighted by atomic mass is 31.2. The van der Waals surface area contributed by atoms with E-state index in [4.69, 9.17) is 9.05 Å². The van der Waals surface area contributed by atoms with Gasteiger partial charge in [-0.2, -0.15) is 0 Å². The van der Waals surface area contributed by atoms with Gasteiger partial charge in [0.25, 0.3) is 7.82 Å². The Morgan fingerprint density at radius 1 is 0.500 bits per heavy atom. The molecule has 70 heavy (non-hydrogen) atoms. The van der Waals surface area contributed by atoms with Crippen LogP contribution in [0.4, 0.5) is 0 Å². The number of hydrogen-bond acceptors (Lipinski definition) is 6. The van der Waals surface area contributed by atoms with Gasteiger partial charge in [-0.15, -0.1) is 0 Å². The van der Waals surface area contributed by atoms with Gasteiger partial charge in [0.05, 0.1) is 39.9 Å². The first-order valence-electron chi connectivity index (χ1n) is 29.7. The molecule has 0 aromatic rings. The molecule has 0 aliphatic heterocycles. The topological polar surface area (TPSA) is 108 Å². The van der Waals surface area contributed by atoms with E-state index in [0.29, 0.717) is 17.4 Å². The highest BCUT2D eigenvalue weighted by Gasteiger charge is 2.23. The maximum atomic E-state index is 12.8. The van der Waals surface area contributed by atoms with Crippen molar-refractivity contribution in [2.75, 3.05) is 40.9 Å². The predicted molar refractivity (Wildman–Crippen MR) is 302 cm³/mol. The molecule has 410 valence electrons. The molecule has 8 nitrogen and oxygen atoms in total. The number of aliphatic hydroxyl groups is 1. The monoisotopic (exact) mass is 1000 g/mol. The zero-order chi connectivity index (χ0) is 51.3. The van der Waals surface area contributed by atoms with Crippen molar-refractivity contribution in [1.82, 2.24) is 5.32 Å². The van der Waals surface area contributed by atoms with Crippen molar-refractivity contribution >= 4 is 13.7 Å². The van der Waals surface area contributed by atoms with E-state index in [1.807, 2.05) is 27.2 Å². The Morgan fingerprint density at radius 3 is 1.30 bits per heavy atom. The summed E-state index contributed by atoms with van der Waals surface area (Å²) in [6.45, 7) is 4.51. The van der Waals surface area contributed by atoms with Gasteiger partial charge in [0.15, 0.2) is 0 Å². The van der Waals surface area contributed by atoms with Gasteiger partial charge < -0.3 is 28.8 Å². The molecule has 2 N–H and O–H groups in total. The van der Waals surface area contributed by atoms with Gasteiger partial charge in [0.2, 0.25) is 5.91 Å². The van der Waals surface area contributed by atoms with E-state index in [0.717, 1.165) is 57.8 Å². The minimum atomic E-state index is -4.59. The zero-order valence-corrected chi connectivity index (χ0v) is 47.6. The van der Waals surface area contributed by atoms with Crippen LogP contribution in [0, 0.1) is 0 Å². The average Bonchev–Trinajstić information content (AvgIpc) is 3.32. The van der Waals surface area contributed by atoms with Crippen LogP contribution in [0.1, 0.15) is 271 Å². The molecule has 0 spiro atoms. The van der Waals surface area contributed by atoms with Crippen molar-refractivity contribution in [2.24, 2.45) is 0 Å². The third-order valence-electron chi connectivity index (χ3n) is 13.2. The molecule has 0 aliphatic carbocycles. The van der Waals surface area contributed by atoms with Crippen molar-refractivity contribution in [3.63, 3.8) is 0 Å². The fourth-order valence-corrected chi connectivity index (χ4v) is 9.26. The molecule has 0 fully saturated rings. The Balaban J connectivity index is 3.72. The summed E-state index contributed by atoms with van der Waals surface area (Å²) >= 11 is 0. The molecule has 0 radical (unpaired) electrons. The van der Waals surface area contributed by atoms with E-state index in [2.05, 4.69) is 67.8 Å². The summed E-state index contributed by atoms with van der Waals surface area (Å²) in [6.07, 6.45) is 70.9. The first kappa shape index (κ1) is 68.2. The number of carbonyl (C=O) groups is 1. The van der Waals surface area contributed by atoms with E-state index in [1.165, 1.54) is 193 Å². The molecule has 1 amide bonds. The Morgan fingerprint density at radius 2 is 0.871 bits per heavy atom. The maximum Gasteiger partial charge on any atom is 0.268 e. The number of amides is 1. The summed E-state index contributed by atoms with van der Waals surface area (Å²) in [5.74, 6) is -0.209. The molecule has 3 unspecified atom stereocenters. The number of rotatable bonds is 54. The molecule has 9 heteroatoms. The lowest BCUT2D eigenvalue weighted by Crippen LogP contribution is -2.45. The van der Waals surface area contributed by atoms with Crippen molar-refractivity contribution in [3.8, 4) is 0 Å². The van der Waals surface area contributed by atoms with Crippen LogP contribution >= 0.6 is 7.82 Å². The summed E-state index contributed by atoms with van der Waals surface area (Å²) < 4.78 is 23.1. The number of allylic oxidation sites excluding steroid dienone is 9. The van der Waals surface area contributed by atoms with Gasteiger partial charge in [0.1, 0.15) is 13.2 Å². The number of hydrogen-bond donors (Lipinski definition) is 2. The minimum absolute atomic E-state index is 0.00670. The molecule has 0 heterocycles. The Bertz CT molecular complexity index is 1320.